The van der Waals surface area contributed by atoms with Gasteiger partial charge in [-0.15, -0.1) is 6.58 Å². The smallest absolute Gasteiger partial charge is 0.224 e. The SMILES string of the molecule is C=CCNC(=O)C1CCCN(C)C1. The molecule has 1 aliphatic heterocycles. The quantitative estimate of drug-likeness (QED) is 0.649. The van der Waals surface area contributed by atoms with Crippen molar-refractivity contribution in [3.63, 3.8) is 0 Å². The molecule has 1 aliphatic rings. The minimum Gasteiger partial charge on any atom is -0.352 e. The summed E-state index contributed by atoms with van der Waals surface area (Å²) in [5.41, 5.74) is 0. The Kier molecular flexibility index (Phi) is 3.96. The van der Waals surface area contributed by atoms with E-state index < -0.39 is 0 Å². The molecule has 0 aromatic rings. The van der Waals surface area contributed by atoms with Crippen molar-refractivity contribution in [3.05, 3.63) is 12.7 Å². The fourth-order valence-corrected chi connectivity index (χ4v) is 1.70. The molecule has 0 bridgehead atoms. The number of carbonyl (C=O) groups is 1. The summed E-state index contributed by atoms with van der Waals surface area (Å²) < 4.78 is 0. The van der Waals surface area contributed by atoms with Crippen LogP contribution >= 0.6 is 0 Å². The van der Waals surface area contributed by atoms with Crippen LogP contribution in [-0.2, 0) is 4.79 Å². The van der Waals surface area contributed by atoms with E-state index >= 15 is 0 Å². The minimum atomic E-state index is 0.173. The Morgan fingerprint density at radius 3 is 3.15 bits per heavy atom. The molecule has 3 nitrogen and oxygen atoms in total. The van der Waals surface area contributed by atoms with Gasteiger partial charge in [-0.2, -0.15) is 0 Å². The van der Waals surface area contributed by atoms with E-state index in [0.29, 0.717) is 6.54 Å². The molecule has 1 heterocycles. The molecule has 1 fully saturated rings. The highest BCUT2D eigenvalue weighted by Gasteiger charge is 2.22. The van der Waals surface area contributed by atoms with Gasteiger partial charge in [0.1, 0.15) is 0 Å². The average Bonchev–Trinajstić information content (AvgIpc) is 2.14. The third-order valence-electron chi connectivity index (χ3n) is 2.42. The van der Waals surface area contributed by atoms with Gasteiger partial charge in [-0.05, 0) is 26.4 Å². The zero-order chi connectivity index (χ0) is 9.68. The first-order valence-corrected chi connectivity index (χ1v) is 4.81. The molecule has 0 radical (unpaired) electrons. The van der Waals surface area contributed by atoms with Gasteiger partial charge < -0.3 is 10.2 Å². The zero-order valence-corrected chi connectivity index (χ0v) is 8.25. The summed E-state index contributed by atoms with van der Waals surface area (Å²) in [7, 11) is 2.06. The highest BCUT2D eigenvalue weighted by Crippen LogP contribution is 2.14. The van der Waals surface area contributed by atoms with E-state index in [1.165, 1.54) is 0 Å². The van der Waals surface area contributed by atoms with Crippen LogP contribution in [0.5, 0.6) is 0 Å². The lowest BCUT2D eigenvalue weighted by Gasteiger charge is -2.28. The van der Waals surface area contributed by atoms with Crippen LogP contribution in [0.2, 0.25) is 0 Å². The van der Waals surface area contributed by atoms with Crippen molar-refractivity contribution in [2.45, 2.75) is 12.8 Å². The maximum atomic E-state index is 11.5. The molecular formula is C10H18N2O. The van der Waals surface area contributed by atoms with Crippen molar-refractivity contribution in [1.82, 2.24) is 10.2 Å². The molecule has 13 heavy (non-hydrogen) atoms. The number of amides is 1. The summed E-state index contributed by atoms with van der Waals surface area (Å²) in [5, 5.41) is 2.84. The number of hydrogen-bond acceptors (Lipinski definition) is 2. The van der Waals surface area contributed by atoms with E-state index in [9.17, 15) is 4.79 Å². The highest BCUT2D eigenvalue weighted by molar-refractivity contribution is 5.79. The van der Waals surface area contributed by atoms with E-state index in [-0.39, 0.29) is 11.8 Å². The first kappa shape index (κ1) is 10.3. The molecule has 1 rings (SSSR count). The standard InChI is InChI=1S/C10H18N2O/c1-3-6-11-10(13)9-5-4-7-12(2)8-9/h3,9H,1,4-8H2,2H3,(H,11,13). The number of hydrogen-bond donors (Lipinski definition) is 1. The van der Waals surface area contributed by atoms with Crippen molar-refractivity contribution in [1.29, 1.82) is 0 Å². The van der Waals surface area contributed by atoms with Gasteiger partial charge in [0.2, 0.25) is 5.91 Å². The molecule has 1 atom stereocenters. The molecular weight excluding hydrogens is 164 g/mol. The van der Waals surface area contributed by atoms with E-state index in [1.807, 2.05) is 0 Å². The van der Waals surface area contributed by atoms with Gasteiger partial charge in [0.05, 0.1) is 5.92 Å². The van der Waals surface area contributed by atoms with Gasteiger partial charge in [-0.3, -0.25) is 4.79 Å². The molecule has 0 spiro atoms. The molecule has 3 heteroatoms. The van der Waals surface area contributed by atoms with Crippen LogP contribution in [0.25, 0.3) is 0 Å². The molecule has 0 aromatic heterocycles. The van der Waals surface area contributed by atoms with Crippen LogP contribution in [0.4, 0.5) is 0 Å². The normalized spacial score (nSPS) is 23.9. The maximum Gasteiger partial charge on any atom is 0.224 e. The maximum absolute atomic E-state index is 11.5. The van der Waals surface area contributed by atoms with Crippen LogP contribution in [0.15, 0.2) is 12.7 Å². The summed E-state index contributed by atoms with van der Waals surface area (Å²) in [5.74, 6) is 0.352. The number of nitrogens with zero attached hydrogens (tertiary/aromatic N) is 1. The summed E-state index contributed by atoms with van der Waals surface area (Å²) >= 11 is 0. The van der Waals surface area contributed by atoms with Gasteiger partial charge in [0.25, 0.3) is 0 Å². The van der Waals surface area contributed by atoms with Gasteiger partial charge in [0, 0.05) is 13.1 Å². The van der Waals surface area contributed by atoms with Crippen molar-refractivity contribution in [3.8, 4) is 0 Å². The second-order valence-electron chi connectivity index (χ2n) is 3.64. The molecule has 0 aliphatic carbocycles. The third-order valence-corrected chi connectivity index (χ3v) is 2.42. The summed E-state index contributed by atoms with van der Waals surface area (Å²) in [6, 6.07) is 0. The number of rotatable bonds is 3. The Labute approximate surface area is 79.8 Å². The van der Waals surface area contributed by atoms with Gasteiger partial charge in [-0.25, -0.2) is 0 Å². The van der Waals surface area contributed by atoms with Crippen LogP contribution < -0.4 is 5.32 Å². The summed E-state index contributed by atoms with van der Waals surface area (Å²) in [4.78, 5) is 13.7. The van der Waals surface area contributed by atoms with Crippen LogP contribution in [0, 0.1) is 5.92 Å². The Bertz CT molecular complexity index is 191. The molecule has 0 aromatic carbocycles. The molecule has 74 valence electrons. The van der Waals surface area contributed by atoms with Crippen molar-refractivity contribution in [2.75, 3.05) is 26.7 Å². The lowest BCUT2D eigenvalue weighted by molar-refractivity contribution is -0.126. The first-order valence-electron chi connectivity index (χ1n) is 4.81. The summed E-state index contributed by atoms with van der Waals surface area (Å²) in [6.45, 7) is 6.16. The largest absolute Gasteiger partial charge is 0.352 e. The summed E-state index contributed by atoms with van der Waals surface area (Å²) in [6.07, 6.45) is 3.86. The van der Waals surface area contributed by atoms with Crippen LogP contribution in [0.3, 0.4) is 0 Å². The van der Waals surface area contributed by atoms with Gasteiger partial charge in [0.15, 0.2) is 0 Å². The van der Waals surface area contributed by atoms with Crippen molar-refractivity contribution in [2.24, 2.45) is 5.92 Å². The Morgan fingerprint density at radius 2 is 2.54 bits per heavy atom. The minimum absolute atomic E-state index is 0.173. The zero-order valence-electron chi connectivity index (χ0n) is 8.25. The molecule has 1 unspecified atom stereocenters. The lowest BCUT2D eigenvalue weighted by Crippen LogP contribution is -2.41. The second kappa shape index (κ2) is 5.02. The Balaban J connectivity index is 2.32. The van der Waals surface area contributed by atoms with E-state index in [4.69, 9.17) is 0 Å². The fraction of sp³-hybridized carbons (Fsp3) is 0.700. The molecule has 1 amide bonds. The van der Waals surface area contributed by atoms with Crippen molar-refractivity contribution < 1.29 is 4.79 Å². The first-order chi connectivity index (χ1) is 6.24. The predicted molar refractivity (Wildman–Crippen MR) is 53.4 cm³/mol. The molecule has 0 saturated carbocycles. The van der Waals surface area contributed by atoms with Gasteiger partial charge >= 0.3 is 0 Å². The Hall–Kier alpha value is -0.830. The topological polar surface area (TPSA) is 32.3 Å². The van der Waals surface area contributed by atoms with E-state index in [2.05, 4.69) is 23.8 Å². The second-order valence-corrected chi connectivity index (χ2v) is 3.64. The third kappa shape index (κ3) is 3.19. The predicted octanol–water partition coefficient (Wildman–Crippen LogP) is 0.630. The number of piperidine rings is 1. The van der Waals surface area contributed by atoms with E-state index in [1.54, 1.807) is 6.08 Å². The number of likely N-dealkylation sites (tertiary alicyclic amines) is 1. The fourth-order valence-electron chi connectivity index (χ4n) is 1.70. The number of nitrogens with one attached hydrogen (secondary N) is 1. The van der Waals surface area contributed by atoms with Crippen molar-refractivity contribution >= 4 is 5.91 Å². The highest BCUT2D eigenvalue weighted by atomic mass is 16.1. The van der Waals surface area contributed by atoms with Crippen LogP contribution in [-0.4, -0.2) is 37.5 Å². The van der Waals surface area contributed by atoms with E-state index in [0.717, 1.165) is 25.9 Å². The Morgan fingerprint density at radius 1 is 1.77 bits per heavy atom. The van der Waals surface area contributed by atoms with Gasteiger partial charge in [-0.1, -0.05) is 6.08 Å². The monoisotopic (exact) mass is 182 g/mol. The average molecular weight is 182 g/mol. The molecule has 1 saturated heterocycles. The lowest BCUT2D eigenvalue weighted by atomic mass is 9.98. The molecule has 1 N–H and O–H groups in total. The van der Waals surface area contributed by atoms with Crippen LogP contribution in [0.1, 0.15) is 12.8 Å². The number of carbonyl (C=O) groups excluding carboxylic acids is 1.